The lowest BCUT2D eigenvalue weighted by Gasteiger charge is -2.20. The zero-order chi connectivity index (χ0) is 18.9. The van der Waals surface area contributed by atoms with Gasteiger partial charge in [-0.1, -0.05) is 0 Å². The average Bonchev–Trinajstić information content (AvgIpc) is 2.85. The number of rotatable bonds is 5. The van der Waals surface area contributed by atoms with Crippen LogP contribution in [-0.2, 0) is 10.0 Å². The van der Waals surface area contributed by atoms with Gasteiger partial charge in [-0.3, -0.25) is 4.79 Å². The number of carbonyl (C=O) groups is 1. The zero-order valence-electron chi connectivity index (χ0n) is 15.1. The Morgan fingerprint density at radius 3 is 2.28 bits per heavy atom. The Bertz CT molecular complexity index is 901. The third kappa shape index (κ3) is 3.83. The Kier molecular flexibility index (Phi) is 5.19. The van der Waals surface area contributed by atoms with Gasteiger partial charge in [-0.05, 0) is 25.1 Å². The molecule has 0 saturated carbocycles. The maximum atomic E-state index is 12.5. The molecule has 9 heteroatoms. The number of nitrogens with one attached hydrogen (secondary N) is 1. The number of oxazole rings is 1. The summed E-state index contributed by atoms with van der Waals surface area (Å²) in [4.78, 5) is 18.4. The van der Waals surface area contributed by atoms with E-state index < -0.39 is 15.9 Å². The van der Waals surface area contributed by atoms with Crippen LogP contribution in [0.2, 0.25) is 0 Å². The van der Waals surface area contributed by atoms with Crippen molar-refractivity contribution in [3.63, 3.8) is 0 Å². The van der Waals surface area contributed by atoms with Crippen LogP contribution in [0.5, 0.6) is 0 Å². The van der Waals surface area contributed by atoms with Gasteiger partial charge < -0.3 is 14.6 Å². The fraction of sp³-hybridized carbons (Fsp3) is 0.375. The van der Waals surface area contributed by atoms with E-state index in [-0.39, 0.29) is 10.7 Å². The van der Waals surface area contributed by atoms with Gasteiger partial charge in [0.2, 0.25) is 15.8 Å². The molecular weight excluding hydrogens is 344 g/mol. The van der Waals surface area contributed by atoms with Gasteiger partial charge in [-0.25, -0.2) is 17.7 Å². The fourth-order valence-electron chi connectivity index (χ4n) is 2.30. The van der Waals surface area contributed by atoms with E-state index in [9.17, 15) is 13.2 Å². The van der Waals surface area contributed by atoms with Crippen molar-refractivity contribution in [2.75, 3.05) is 38.4 Å². The second kappa shape index (κ2) is 6.85. The maximum Gasteiger partial charge on any atom is 0.293 e. The van der Waals surface area contributed by atoms with Gasteiger partial charge in [0, 0.05) is 35.1 Å². The summed E-state index contributed by atoms with van der Waals surface area (Å²) in [5, 5.41) is 2.72. The number of aryl methyl sites for hydroxylation is 2. The Morgan fingerprint density at radius 1 is 1.16 bits per heavy atom. The number of nitrogens with zero attached hydrogens (tertiary/aromatic N) is 3. The van der Waals surface area contributed by atoms with Gasteiger partial charge in [0.05, 0.1) is 22.0 Å². The van der Waals surface area contributed by atoms with Gasteiger partial charge in [0.25, 0.3) is 5.91 Å². The van der Waals surface area contributed by atoms with Crippen LogP contribution in [0.3, 0.4) is 0 Å². The van der Waals surface area contributed by atoms with Crippen LogP contribution in [0.1, 0.15) is 22.1 Å². The number of anilines is 2. The first-order chi connectivity index (χ1) is 11.5. The van der Waals surface area contributed by atoms with Crippen molar-refractivity contribution in [2.24, 2.45) is 0 Å². The first-order valence-electron chi connectivity index (χ1n) is 7.53. The van der Waals surface area contributed by atoms with Gasteiger partial charge in [0.1, 0.15) is 0 Å². The minimum Gasteiger partial charge on any atom is -0.436 e. The van der Waals surface area contributed by atoms with Crippen LogP contribution in [0.25, 0.3) is 0 Å². The molecule has 1 aromatic carbocycles. The van der Waals surface area contributed by atoms with E-state index in [1.807, 2.05) is 0 Å². The van der Waals surface area contributed by atoms with E-state index in [1.165, 1.54) is 26.2 Å². The highest BCUT2D eigenvalue weighted by Gasteiger charge is 2.22. The van der Waals surface area contributed by atoms with Gasteiger partial charge >= 0.3 is 0 Å². The zero-order valence-corrected chi connectivity index (χ0v) is 15.9. The van der Waals surface area contributed by atoms with Crippen LogP contribution in [0.15, 0.2) is 27.5 Å². The van der Waals surface area contributed by atoms with Crippen molar-refractivity contribution >= 4 is 27.3 Å². The molecule has 0 radical (unpaired) electrons. The van der Waals surface area contributed by atoms with Gasteiger partial charge in [-0.15, -0.1) is 0 Å². The smallest absolute Gasteiger partial charge is 0.293 e. The molecular formula is C16H22N4O4S. The average molecular weight is 366 g/mol. The number of hydrogen-bond acceptors (Lipinski definition) is 6. The first kappa shape index (κ1) is 18.9. The summed E-state index contributed by atoms with van der Waals surface area (Å²) >= 11 is 0. The van der Waals surface area contributed by atoms with E-state index in [2.05, 4.69) is 10.3 Å². The molecule has 0 aliphatic heterocycles. The quantitative estimate of drug-likeness (QED) is 0.868. The topological polar surface area (TPSA) is 95.7 Å². The molecule has 0 bridgehead atoms. The van der Waals surface area contributed by atoms with Crippen molar-refractivity contribution < 1.29 is 17.6 Å². The highest BCUT2D eigenvalue weighted by atomic mass is 32.2. The first-order valence-corrected chi connectivity index (χ1v) is 8.97. The highest BCUT2D eigenvalue weighted by Crippen LogP contribution is 2.29. The van der Waals surface area contributed by atoms with E-state index >= 15 is 0 Å². The molecule has 0 spiro atoms. The van der Waals surface area contributed by atoms with E-state index in [0.29, 0.717) is 23.0 Å². The summed E-state index contributed by atoms with van der Waals surface area (Å²) in [6, 6.07) is 4.58. The molecule has 2 rings (SSSR count). The summed E-state index contributed by atoms with van der Waals surface area (Å²) < 4.78 is 31.1. The lowest BCUT2D eigenvalue weighted by molar-refractivity contribution is 0.0994. The van der Waals surface area contributed by atoms with Crippen LogP contribution < -0.4 is 10.2 Å². The van der Waals surface area contributed by atoms with Crippen LogP contribution in [-0.4, -0.2) is 51.8 Å². The normalized spacial score (nSPS) is 11.6. The minimum absolute atomic E-state index is 0.0869. The molecule has 2 aromatic rings. The predicted molar refractivity (Wildman–Crippen MR) is 95.6 cm³/mol. The maximum absolute atomic E-state index is 12.5. The van der Waals surface area contributed by atoms with Crippen LogP contribution >= 0.6 is 0 Å². The summed E-state index contributed by atoms with van der Waals surface area (Å²) in [6.07, 6.45) is 0. The summed E-state index contributed by atoms with van der Waals surface area (Å²) in [7, 11) is 2.89. The number of hydrogen-bond donors (Lipinski definition) is 1. The molecule has 1 aromatic heterocycles. The molecule has 0 fully saturated rings. The molecule has 25 heavy (non-hydrogen) atoms. The third-order valence-corrected chi connectivity index (χ3v) is 5.40. The monoisotopic (exact) mass is 366 g/mol. The molecule has 0 aliphatic rings. The van der Waals surface area contributed by atoms with E-state index in [0.717, 1.165) is 4.31 Å². The summed E-state index contributed by atoms with van der Waals surface area (Å²) in [6.45, 7) is 3.32. The second-order valence-corrected chi connectivity index (χ2v) is 8.11. The lowest BCUT2D eigenvalue weighted by atomic mass is 10.2. The fourth-order valence-corrected chi connectivity index (χ4v) is 3.23. The Balaban J connectivity index is 2.47. The highest BCUT2D eigenvalue weighted by molar-refractivity contribution is 7.89. The van der Waals surface area contributed by atoms with Crippen molar-refractivity contribution in [2.45, 2.75) is 18.7 Å². The number of aromatic nitrogens is 1. The van der Waals surface area contributed by atoms with E-state index in [1.54, 1.807) is 38.9 Å². The van der Waals surface area contributed by atoms with Crippen molar-refractivity contribution in [3.8, 4) is 0 Å². The van der Waals surface area contributed by atoms with Crippen molar-refractivity contribution in [1.29, 1.82) is 0 Å². The molecule has 0 unspecified atom stereocenters. The Hall–Kier alpha value is -2.39. The molecule has 1 heterocycles. The number of carbonyl (C=O) groups excluding carboxylic acids is 1. The Labute approximate surface area is 147 Å². The SMILES string of the molecule is Cc1nc(C)c(C(=O)Nc2cc(S(=O)(=O)N(C)C)ccc2N(C)C)o1. The minimum atomic E-state index is -3.62. The molecule has 8 nitrogen and oxygen atoms in total. The third-order valence-electron chi connectivity index (χ3n) is 3.59. The van der Waals surface area contributed by atoms with Crippen molar-refractivity contribution in [1.82, 2.24) is 9.29 Å². The standard InChI is InChI=1S/C16H22N4O4S/c1-10-15(24-11(2)17-10)16(21)18-13-9-12(25(22,23)20(5)6)7-8-14(13)19(3)4/h7-9H,1-6H3,(H,18,21). The summed E-state index contributed by atoms with van der Waals surface area (Å²) in [5.74, 6) is 0.00287. The number of sulfonamides is 1. The number of benzene rings is 1. The van der Waals surface area contributed by atoms with Gasteiger partial charge in [0.15, 0.2) is 5.89 Å². The second-order valence-electron chi connectivity index (χ2n) is 5.96. The Morgan fingerprint density at radius 2 is 1.80 bits per heavy atom. The molecule has 1 N–H and O–H groups in total. The molecule has 0 aliphatic carbocycles. The largest absolute Gasteiger partial charge is 0.436 e. The van der Waals surface area contributed by atoms with Crippen LogP contribution in [0, 0.1) is 13.8 Å². The molecule has 136 valence electrons. The van der Waals surface area contributed by atoms with Crippen molar-refractivity contribution in [3.05, 3.63) is 35.5 Å². The number of amides is 1. The van der Waals surface area contributed by atoms with Crippen LogP contribution in [0.4, 0.5) is 11.4 Å². The predicted octanol–water partition coefficient (Wildman–Crippen LogP) is 1.86. The molecule has 1 amide bonds. The van der Waals surface area contributed by atoms with E-state index in [4.69, 9.17) is 4.42 Å². The molecule has 0 atom stereocenters. The molecule has 0 saturated heterocycles. The summed E-state index contributed by atoms with van der Waals surface area (Å²) in [5.41, 5.74) is 1.50. The van der Waals surface area contributed by atoms with Gasteiger partial charge in [-0.2, -0.15) is 0 Å². The lowest BCUT2D eigenvalue weighted by Crippen LogP contribution is -2.23.